The summed E-state index contributed by atoms with van der Waals surface area (Å²) in [6.45, 7) is 7.48. The Morgan fingerprint density at radius 1 is 0.404 bits per heavy atom. The molecule has 244 valence electrons. The molecule has 1 aliphatic rings. The lowest BCUT2D eigenvalue weighted by atomic mass is 9.63. The minimum absolute atomic E-state index is 0.541. The van der Waals surface area contributed by atoms with E-state index in [-0.39, 0.29) is 0 Å². The molecule has 0 N–H and O–H groups in total. The second-order valence-electron chi connectivity index (χ2n) is 12.7. The van der Waals surface area contributed by atoms with Gasteiger partial charge in [-0.15, -0.1) is 0 Å². The Morgan fingerprint density at radius 2 is 0.904 bits per heavy atom. The Bertz CT molecular complexity index is 2580. The predicted octanol–water partition coefficient (Wildman–Crippen LogP) is 11.6. The quantitative estimate of drug-likeness (QED) is 0.166. The van der Waals surface area contributed by atoms with E-state index in [1.165, 1.54) is 0 Å². The van der Waals surface area contributed by atoms with E-state index in [4.69, 9.17) is 26.3 Å². The molecule has 0 saturated heterocycles. The number of fused-ring (bicyclic) bond motifs is 2. The van der Waals surface area contributed by atoms with Gasteiger partial charge >= 0.3 is 0 Å². The second kappa shape index (κ2) is 12.9. The summed E-state index contributed by atoms with van der Waals surface area (Å²) >= 11 is 0. The zero-order chi connectivity index (χ0) is 34.9. The molecule has 7 aromatic carbocycles. The maximum Gasteiger partial charge on any atom is 0.187 e. The molecule has 0 spiro atoms. The minimum atomic E-state index is -0.615. The molecule has 2 heterocycles. The Balaban J connectivity index is 1.23. The molecule has 52 heavy (non-hydrogen) atoms. The average molecular weight is 667 g/mol. The van der Waals surface area contributed by atoms with Crippen molar-refractivity contribution in [2.75, 3.05) is 0 Å². The van der Waals surface area contributed by atoms with E-state index in [9.17, 15) is 0 Å². The largest absolute Gasteiger partial charge is 0.457 e. The van der Waals surface area contributed by atoms with Crippen LogP contribution in [0.25, 0.3) is 50.1 Å². The molecule has 8 aromatic rings. The fourth-order valence-corrected chi connectivity index (χ4v) is 7.29. The number of rotatable bonds is 6. The number of para-hydroxylation sites is 1. The molecule has 9 rings (SSSR count). The van der Waals surface area contributed by atoms with E-state index in [0.717, 1.165) is 61.6 Å². The molecule has 0 aliphatic carbocycles. The van der Waals surface area contributed by atoms with E-state index < -0.39 is 5.41 Å². The number of nitrogens with zero attached hydrogens (tertiary/aromatic N) is 4. The first-order valence-electron chi connectivity index (χ1n) is 17.1. The number of ether oxygens (including phenoxy) is 1. The lowest BCUT2D eigenvalue weighted by Gasteiger charge is -2.41. The van der Waals surface area contributed by atoms with Crippen molar-refractivity contribution < 1.29 is 4.74 Å². The van der Waals surface area contributed by atoms with Crippen LogP contribution >= 0.6 is 0 Å². The van der Waals surface area contributed by atoms with Gasteiger partial charge in [-0.25, -0.2) is 19.8 Å². The fourth-order valence-electron chi connectivity index (χ4n) is 7.29. The van der Waals surface area contributed by atoms with E-state index in [0.29, 0.717) is 23.2 Å². The zero-order valence-corrected chi connectivity index (χ0v) is 28.0. The molecule has 0 saturated carbocycles. The smallest absolute Gasteiger partial charge is 0.187 e. The van der Waals surface area contributed by atoms with E-state index in [1.54, 1.807) is 0 Å². The van der Waals surface area contributed by atoms with Gasteiger partial charge in [0.05, 0.1) is 12.0 Å². The maximum absolute atomic E-state index is 7.48. The van der Waals surface area contributed by atoms with Gasteiger partial charge in [0, 0.05) is 27.8 Å². The highest BCUT2D eigenvalue weighted by Gasteiger charge is 2.45. The SMILES string of the molecule is [C-]#[N+]c1cccc(-c2cccc(-c3nc(-c4ccccc4)nc(-c4ccc5c(c4)Oc4ccccc4C5(c4ccccc4)c4ccccc4)n3)c2)c1. The third kappa shape index (κ3) is 5.31. The monoisotopic (exact) mass is 666 g/mol. The van der Waals surface area contributed by atoms with Crippen molar-refractivity contribution in [3.63, 3.8) is 0 Å². The van der Waals surface area contributed by atoms with Crippen LogP contribution in [0.3, 0.4) is 0 Å². The number of benzene rings is 7. The van der Waals surface area contributed by atoms with Crippen molar-refractivity contribution in [3.05, 3.63) is 216 Å². The highest BCUT2D eigenvalue weighted by molar-refractivity contribution is 5.76. The molecule has 5 heteroatoms. The van der Waals surface area contributed by atoms with E-state index >= 15 is 0 Å². The third-order valence-electron chi connectivity index (χ3n) is 9.67. The van der Waals surface area contributed by atoms with Crippen molar-refractivity contribution in [1.29, 1.82) is 0 Å². The molecule has 1 aromatic heterocycles. The van der Waals surface area contributed by atoms with E-state index in [2.05, 4.69) is 102 Å². The van der Waals surface area contributed by atoms with Crippen molar-refractivity contribution in [1.82, 2.24) is 15.0 Å². The minimum Gasteiger partial charge on any atom is -0.457 e. The first-order valence-corrected chi connectivity index (χ1v) is 17.1. The summed E-state index contributed by atoms with van der Waals surface area (Å²) in [5.74, 6) is 3.22. The van der Waals surface area contributed by atoms with Gasteiger partial charge in [0.1, 0.15) is 11.5 Å². The van der Waals surface area contributed by atoms with Gasteiger partial charge in [-0.05, 0) is 46.5 Å². The third-order valence-corrected chi connectivity index (χ3v) is 9.67. The standard InChI is InChI=1S/C47H30N4O/c1-48-39-24-14-18-34(30-39)33-17-13-19-35(29-33)45-49-44(32-15-5-2-6-16-32)50-46(51-45)36-27-28-41-43(31-36)52-42-26-12-11-25-40(42)47(41,37-20-7-3-8-21-37)38-22-9-4-10-23-38/h2-31H. The van der Waals surface area contributed by atoms with Gasteiger partial charge in [0.25, 0.3) is 0 Å². The summed E-state index contributed by atoms with van der Waals surface area (Å²) in [5.41, 5.74) is 8.91. The lowest BCUT2D eigenvalue weighted by molar-refractivity contribution is 0.434. The van der Waals surface area contributed by atoms with Crippen LogP contribution in [0, 0.1) is 6.57 Å². The summed E-state index contributed by atoms with van der Waals surface area (Å²) in [6, 6.07) is 61.6. The van der Waals surface area contributed by atoms with Gasteiger partial charge in [0.15, 0.2) is 23.2 Å². The lowest BCUT2D eigenvalue weighted by Crippen LogP contribution is -2.34. The summed E-state index contributed by atoms with van der Waals surface area (Å²) in [6.07, 6.45) is 0. The normalized spacial score (nSPS) is 12.5. The molecule has 0 radical (unpaired) electrons. The van der Waals surface area contributed by atoms with Crippen molar-refractivity contribution in [2.24, 2.45) is 0 Å². The highest BCUT2D eigenvalue weighted by atomic mass is 16.5. The number of hydrogen-bond donors (Lipinski definition) is 0. The molecule has 0 amide bonds. The first-order chi connectivity index (χ1) is 25.7. The molecule has 0 fully saturated rings. The molecule has 5 nitrogen and oxygen atoms in total. The molecule has 0 unspecified atom stereocenters. The van der Waals surface area contributed by atoms with Gasteiger partial charge in [-0.2, -0.15) is 0 Å². The van der Waals surface area contributed by atoms with E-state index in [1.807, 2.05) is 84.9 Å². The molecule has 1 aliphatic heterocycles. The molecular weight excluding hydrogens is 637 g/mol. The topological polar surface area (TPSA) is 52.3 Å². The number of aromatic nitrogens is 3. The maximum atomic E-state index is 7.48. The first kappa shape index (κ1) is 30.9. The summed E-state index contributed by atoms with van der Waals surface area (Å²) in [5, 5.41) is 0. The van der Waals surface area contributed by atoms with Gasteiger partial charge in [-0.3, -0.25) is 0 Å². The Kier molecular flexibility index (Phi) is 7.68. The molecular formula is C47H30N4O. The van der Waals surface area contributed by atoms with Crippen molar-refractivity contribution >= 4 is 5.69 Å². The van der Waals surface area contributed by atoms with Crippen LogP contribution in [0.5, 0.6) is 11.5 Å². The van der Waals surface area contributed by atoms with Crippen LogP contribution in [-0.4, -0.2) is 15.0 Å². The van der Waals surface area contributed by atoms with Crippen LogP contribution in [0.15, 0.2) is 182 Å². The zero-order valence-electron chi connectivity index (χ0n) is 28.0. The summed E-state index contributed by atoms with van der Waals surface area (Å²) < 4.78 is 6.76. The van der Waals surface area contributed by atoms with Crippen LogP contribution in [0.1, 0.15) is 22.3 Å². The second-order valence-corrected chi connectivity index (χ2v) is 12.7. The Hall–Kier alpha value is -7.16. The van der Waals surface area contributed by atoms with Gasteiger partial charge in [-0.1, -0.05) is 158 Å². The van der Waals surface area contributed by atoms with Gasteiger partial charge < -0.3 is 4.74 Å². The fraction of sp³-hybridized carbons (Fsp3) is 0.0213. The summed E-state index contributed by atoms with van der Waals surface area (Å²) in [7, 11) is 0. The summed E-state index contributed by atoms with van der Waals surface area (Å²) in [4.78, 5) is 18.7. The van der Waals surface area contributed by atoms with Crippen molar-refractivity contribution in [2.45, 2.75) is 5.41 Å². The van der Waals surface area contributed by atoms with Gasteiger partial charge in [0.2, 0.25) is 0 Å². The predicted molar refractivity (Wildman–Crippen MR) is 206 cm³/mol. The average Bonchev–Trinajstić information content (AvgIpc) is 3.23. The number of hydrogen-bond acceptors (Lipinski definition) is 4. The van der Waals surface area contributed by atoms with Crippen LogP contribution in [-0.2, 0) is 5.41 Å². The van der Waals surface area contributed by atoms with Crippen molar-refractivity contribution in [3.8, 4) is 56.8 Å². The van der Waals surface area contributed by atoms with Crippen LogP contribution in [0.4, 0.5) is 5.69 Å². The molecule has 0 bridgehead atoms. The Labute approximate surface area is 302 Å². The highest BCUT2D eigenvalue weighted by Crippen LogP contribution is 2.55. The van der Waals surface area contributed by atoms with Crippen LogP contribution < -0.4 is 4.74 Å². The molecule has 0 atom stereocenters. The van der Waals surface area contributed by atoms with Crippen LogP contribution in [0.2, 0.25) is 0 Å². The Morgan fingerprint density at radius 3 is 1.58 bits per heavy atom.